The molecule has 2 aliphatic heterocycles. The molecule has 1 aromatic carbocycles. The molecule has 0 bridgehead atoms. The highest BCUT2D eigenvalue weighted by Gasteiger charge is 2.31. The second kappa shape index (κ2) is 7.59. The van der Waals surface area contributed by atoms with E-state index in [2.05, 4.69) is 5.32 Å². The topological polar surface area (TPSA) is 61.9 Å². The Labute approximate surface area is 150 Å². The minimum Gasteiger partial charge on any atom is -0.368 e. The smallest absolute Gasteiger partial charge is 0.322 e. The fourth-order valence-corrected chi connectivity index (χ4v) is 3.23. The Morgan fingerprint density at radius 1 is 1.12 bits per heavy atom. The predicted molar refractivity (Wildman–Crippen MR) is 92.6 cm³/mol. The molecule has 0 unspecified atom stereocenters. The molecule has 1 N–H and O–H groups in total. The van der Waals surface area contributed by atoms with Crippen LogP contribution in [-0.2, 0) is 9.53 Å². The summed E-state index contributed by atoms with van der Waals surface area (Å²) in [7, 11) is 0. The summed E-state index contributed by atoms with van der Waals surface area (Å²) in [4.78, 5) is 28.1. The van der Waals surface area contributed by atoms with E-state index in [9.17, 15) is 9.59 Å². The second-order valence-electron chi connectivity index (χ2n) is 5.87. The summed E-state index contributed by atoms with van der Waals surface area (Å²) < 4.78 is 5.43. The zero-order chi connectivity index (χ0) is 17.1. The molecule has 2 fully saturated rings. The predicted octanol–water partition coefficient (Wildman–Crippen LogP) is 2.85. The van der Waals surface area contributed by atoms with E-state index >= 15 is 0 Å². The Morgan fingerprint density at radius 2 is 1.83 bits per heavy atom. The third-order valence-corrected chi connectivity index (χ3v) is 4.82. The summed E-state index contributed by atoms with van der Waals surface area (Å²) >= 11 is 12.0. The lowest BCUT2D eigenvalue weighted by Crippen LogP contribution is -2.53. The van der Waals surface area contributed by atoms with Crippen molar-refractivity contribution in [2.75, 3.05) is 38.1 Å². The maximum absolute atomic E-state index is 12.3. The minimum absolute atomic E-state index is 0.0328. The van der Waals surface area contributed by atoms with Gasteiger partial charge in [-0.3, -0.25) is 4.79 Å². The average molecular weight is 372 g/mol. The quantitative estimate of drug-likeness (QED) is 0.869. The van der Waals surface area contributed by atoms with Crippen molar-refractivity contribution in [2.24, 2.45) is 0 Å². The normalized spacial score (nSPS) is 21.0. The Kier molecular flexibility index (Phi) is 5.48. The van der Waals surface area contributed by atoms with Gasteiger partial charge in [0, 0.05) is 37.8 Å². The van der Waals surface area contributed by atoms with Gasteiger partial charge in [-0.15, -0.1) is 0 Å². The van der Waals surface area contributed by atoms with Crippen molar-refractivity contribution in [1.29, 1.82) is 0 Å². The van der Waals surface area contributed by atoms with Crippen LogP contribution >= 0.6 is 23.2 Å². The van der Waals surface area contributed by atoms with Crippen LogP contribution in [0.1, 0.15) is 12.8 Å². The van der Waals surface area contributed by atoms with Gasteiger partial charge in [0.1, 0.15) is 6.10 Å². The zero-order valence-corrected chi connectivity index (χ0v) is 14.6. The van der Waals surface area contributed by atoms with E-state index in [4.69, 9.17) is 27.9 Å². The first kappa shape index (κ1) is 17.3. The highest BCUT2D eigenvalue weighted by molar-refractivity contribution is 6.35. The van der Waals surface area contributed by atoms with Gasteiger partial charge in [0.15, 0.2) is 0 Å². The summed E-state index contributed by atoms with van der Waals surface area (Å²) in [6.45, 7) is 2.62. The van der Waals surface area contributed by atoms with Crippen LogP contribution in [0.15, 0.2) is 18.2 Å². The summed E-state index contributed by atoms with van der Waals surface area (Å²) in [6, 6.07) is 4.66. The molecule has 1 atom stereocenters. The first-order chi connectivity index (χ1) is 11.5. The van der Waals surface area contributed by atoms with Crippen LogP contribution in [0.2, 0.25) is 10.0 Å². The number of anilines is 1. The van der Waals surface area contributed by atoms with Gasteiger partial charge in [0.2, 0.25) is 0 Å². The molecule has 2 heterocycles. The van der Waals surface area contributed by atoms with E-state index in [0.29, 0.717) is 48.5 Å². The third-order valence-electron chi connectivity index (χ3n) is 4.25. The average Bonchev–Trinajstić information content (AvgIpc) is 3.12. The molecule has 3 rings (SSSR count). The Balaban J connectivity index is 1.53. The van der Waals surface area contributed by atoms with Gasteiger partial charge < -0.3 is 19.9 Å². The lowest BCUT2D eigenvalue weighted by Gasteiger charge is -2.35. The van der Waals surface area contributed by atoms with Gasteiger partial charge in [-0.2, -0.15) is 0 Å². The number of urea groups is 1. The summed E-state index contributed by atoms with van der Waals surface area (Å²) in [6.07, 6.45) is 1.40. The zero-order valence-electron chi connectivity index (χ0n) is 13.1. The van der Waals surface area contributed by atoms with E-state index in [0.717, 1.165) is 12.8 Å². The van der Waals surface area contributed by atoms with E-state index in [1.165, 1.54) is 0 Å². The van der Waals surface area contributed by atoms with Gasteiger partial charge >= 0.3 is 6.03 Å². The van der Waals surface area contributed by atoms with Crippen LogP contribution in [-0.4, -0.2) is 60.6 Å². The molecule has 8 heteroatoms. The number of halogens is 2. The largest absolute Gasteiger partial charge is 0.368 e. The number of amides is 3. The van der Waals surface area contributed by atoms with Crippen LogP contribution in [0.5, 0.6) is 0 Å². The Morgan fingerprint density at radius 3 is 2.50 bits per heavy atom. The SMILES string of the molecule is O=C(Nc1cc(Cl)ccc1Cl)N1CCN(C(=O)[C@@H]2CCCO2)CC1. The monoisotopic (exact) mass is 371 g/mol. The Hall–Kier alpha value is -1.50. The van der Waals surface area contributed by atoms with Gasteiger partial charge in [-0.05, 0) is 31.0 Å². The third kappa shape index (κ3) is 3.94. The van der Waals surface area contributed by atoms with Crippen molar-refractivity contribution in [3.8, 4) is 0 Å². The van der Waals surface area contributed by atoms with Crippen LogP contribution < -0.4 is 5.32 Å². The number of rotatable bonds is 2. The number of benzene rings is 1. The summed E-state index contributed by atoms with van der Waals surface area (Å²) in [5.74, 6) is 0.0328. The fourth-order valence-electron chi connectivity index (χ4n) is 2.89. The van der Waals surface area contributed by atoms with Crippen molar-refractivity contribution in [3.63, 3.8) is 0 Å². The first-order valence-corrected chi connectivity index (χ1v) is 8.71. The van der Waals surface area contributed by atoms with Crippen LogP contribution in [0.4, 0.5) is 10.5 Å². The van der Waals surface area contributed by atoms with Crippen molar-refractivity contribution >= 4 is 40.8 Å². The van der Waals surface area contributed by atoms with Crippen molar-refractivity contribution in [2.45, 2.75) is 18.9 Å². The molecule has 0 aliphatic carbocycles. The molecular formula is C16H19Cl2N3O3. The molecule has 1 aromatic rings. The van der Waals surface area contributed by atoms with Crippen molar-refractivity contribution < 1.29 is 14.3 Å². The van der Waals surface area contributed by atoms with E-state index in [1.807, 2.05) is 0 Å². The van der Waals surface area contributed by atoms with E-state index in [1.54, 1.807) is 28.0 Å². The second-order valence-corrected chi connectivity index (χ2v) is 6.71. The molecule has 2 saturated heterocycles. The fraction of sp³-hybridized carbons (Fsp3) is 0.500. The summed E-state index contributed by atoms with van der Waals surface area (Å²) in [5, 5.41) is 3.69. The first-order valence-electron chi connectivity index (χ1n) is 7.96. The highest BCUT2D eigenvalue weighted by atomic mass is 35.5. The number of ether oxygens (including phenoxy) is 1. The van der Waals surface area contributed by atoms with Crippen molar-refractivity contribution in [1.82, 2.24) is 9.80 Å². The molecule has 0 spiro atoms. The standard InChI is InChI=1S/C16H19Cl2N3O3/c17-11-3-4-12(18)13(10-11)19-16(23)21-7-5-20(6-8-21)15(22)14-2-1-9-24-14/h3-4,10,14H,1-2,5-9H2,(H,19,23)/t14-/m0/s1. The highest BCUT2D eigenvalue weighted by Crippen LogP contribution is 2.26. The van der Waals surface area contributed by atoms with Gasteiger partial charge in [-0.25, -0.2) is 4.79 Å². The number of carbonyl (C=O) groups is 2. The molecule has 2 aliphatic rings. The van der Waals surface area contributed by atoms with Crippen LogP contribution in [0.25, 0.3) is 0 Å². The minimum atomic E-state index is -0.310. The molecule has 130 valence electrons. The number of piperazine rings is 1. The molecule has 24 heavy (non-hydrogen) atoms. The number of nitrogens with one attached hydrogen (secondary N) is 1. The number of hydrogen-bond acceptors (Lipinski definition) is 3. The molecular weight excluding hydrogens is 353 g/mol. The molecule has 0 aromatic heterocycles. The maximum atomic E-state index is 12.3. The van der Waals surface area contributed by atoms with Crippen molar-refractivity contribution in [3.05, 3.63) is 28.2 Å². The van der Waals surface area contributed by atoms with Gasteiger partial charge in [0.05, 0.1) is 10.7 Å². The lowest BCUT2D eigenvalue weighted by atomic mass is 10.2. The molecule has 0 saturated carbocycles. The molecule has 0 radical (unpaired) electrons. The number of carbonyl (C=O) groups excluding carboxylic acids is 2. The van der Waals surface area contributed by atoms with E-state index in [-0.39, 0.29) is 18.0 Å². The van der Waals surface area contributed by atoms with Crippen LogP contribution in [0, 0.1) is 0 Å². The number of nitrogens with zero attached hydrogens (tertiary/aromatic N) is 2. The van der Waals surface area contributed by atoms with Gasteiger partial charge in [-0.1, -0.05) is 23.2 Å². The lowest BCUT2D eigenvalue weighted by molar-refractivity contribution is -0.142. The van der Waals surface area contributed by atoms with E-state index < -0.39 is 0 Å². The number of hydrogen-bond donors (Lipinski definition) is 1. The van der Waals surface area contributed by atoms with Gasteiger partial charge in [0.25, 0.3) is 5.91 Å². The molecule has 6 nitrogen and oxygen atoms in total. The van der Waals surface area contributed by atoms with Crippen LogP contribution in [0.3, 0.4) is 0 Å². The maximum Gasteiger partial charge on any atom is 0.322 e. The Bertz CT molecular complexity index is 627. The molecule has 3 amide bonds. The summed E-state index contributed by atoms with van der Waals surface area (Å²) in [5.41, 5.74) is 0.479.